The standard InChI is InChI=1S/C16H11N2.C4H5O.V.W/c1-3-7-13(8-4-1)15-11-17-12-18-16(15)14-9-5-2-6-10-14;1-3-4(2)5;;/h1-11H;1,3H,2H3;;/q2*-1;;. The van der Waals surface area contributed by atoms with Crippen molar-refractivity contribution in [2.75, 3.05) is 0 Å². The molecule has 0 aliphatic rings. The number of aromatic nitrogens is 2. The van der Waals surface area contributed by atoms with Crippen molar-refractivity contribution in [1.82, 2.24) is 9.97 Å². The van der Waals surface area contributed by atoms with Crippen LogP contribution in [0.2, 0.25) is 0 Å². The fourth-order valence-electron chi connectivity index (χ4n) is 1.94. The van der Waals surface area contributed by atoms with E-state index < -0.39 is 0 Å². The molecule has 1 aromatic heterocycles. The molecule has 0 atom stereocenters. The van der Waals surface area contributed by atoms with Gasteiger partial charge in [-0.1, -0.05) is 84.9 Å². The normalized spacial score (nSPS) is 8.68. The molecule has 3 aromatic rings. The van der Waals surface area contributed by atoms with Crippen LogP contribution in [-0.2, 0) is 44.4 Å². The largest absolute Gasteiger partial charge is 0.407 e. The molecule has 0 saturated heterocycles. The van der Waals surface area contributed by atoms with Gasteiger partial charge in [-0.25, -0.2) is 6.08 Å². The first-order chi connectivity index (χ1) is 11.2. The Kier molecular flexibility index (Phi) is 11.6. The van der Waals surface area contributed by atoms with Crippen molar-refractivity contribution >= 4 is 5.78 Å². The minimum Gasteiger partial charge on any atom is -0.407 e. The van der Waals surface area contributed by atoms with Crippen molar-refractivity contribution in [2.24, 2.45) is 0 Å². The van der Waals surface area contributed by atoms with E-state index in [1.54, 1.807) is 0 Å². The van der Waals surface area contributed by atoms with E-state index in [9.17, 15) is 4.79 Å². The number of nitrogens with zero attached hydrogens (tertiary/aromatic N) is 2. The number of rotatable bonds is 3. The van der Waals surface area contributed by atoms with E-state index in [4.69, 9.17) is 6.58 Å². The van der Waals surface area contributed by atoms with E-state index in [1.165, 1.54) is 6.92 Å². The number of hydrogen-bond acceptors (Lipinski definition) is 3. The molecule has 1 radical (unpaired) electrons. The van der Waals surface area contributed by atoms with Crippen LogP contribution in [0.4, 0.5) is 0 Å². The Bertz CT molecular complexity index is 721. The van der Waals surface area contributed by atoms with Crippen LogP contribution in [0.25, 0.3) is 22.4 Å². The minimum absolute atomic E-state index is 0. The maximum absolute atomic E-state index is 9.63. The van der Waals surface area contributed by atoms with Gasteiger partial charge in [-0.3, -0.25) is 6.58 Å². The summed E-state index contributed by atoms with van der Waals surface area (Å²) in [6.45, 7) is 6.10. The Labute approximate surface area is 174 Å². The average Bonchev–Trinajstić information content (AvgIpc) is 2.63. The SMILES string of the molecule is [CH-]=CC(C)=O.[V].[W].[c-]1ncc(-c2ccccc2)c(-c2ccccc2)n1. The molecule has 0 unspecified atom stereocenters. The van der Waals surface area contributed by atoms with Crippen molar-refractivity contribution in [3.8, 4) is 22.4 Å². The molecule has 1 heterocycles. The van der Waals surface area contributed by atoms with E-state index in [0.29, 0.717) is 0 Å². The number of benzene rings is 2. The third-order valence-corrected chi connectivity index (χ3v) is 3.04. The second-order valence-corrected chi connectivity index (χ2v) is 4.74. The quantitative estimate of drug-likeness (QED) is 0.374. The maximum Gasteiger partial charge on any atom is 0.0219 e. The van der Waals surface area contributed by atoms with Crippen LogP contribution in [0.1, 0.15) is 6.92 Å². The Balaban J connectivity index is 0.000000734. The second kappa shape index (κ2) is 12.5. The fourth-order valence-corrected chi connectivity index (χ4v) is 1.94. The molecule has 0 amide bonds. The second-order valence-electron chi connectivity index (χ2n) is 4.74. The van der Waals surface area contributed by atoms with Crippen LogP contribution in [0.15, 0.2) is 72.9 Å². The minimum atomic E-state index is -0.0926. The van der Waals surface area contributed by atoms with E-state index in [1.807, 2.05) is 54.7 Å². The van der Waals surface area contributed by atoms with E-state index in [0.717, 1.165) is 28.5 Å². The van der Waals surface area contributed by atoms with Crippen LogP contribution in [0.3, 0.4) is 0 Å². The Morgan fingerprint density at radius 3 is 1.96 bits per heavy atom. The van der Waals surface area contributed by atoms with Crippen LogP contribution in [0.5, 0.6) is 0 Å². The predicted molar refractivity (Wildman–Crippen MR) is 91.3 cm³/mol. The topological polar surface area (TPSA) is 42.9 Å². The first-order valence-electron chi connectivity index (χ1n) is 7.12. The Morgan fingerprint density at radius 2 is 1.48 bits per heavy atom. The van der Waals surface area contributed by atoms with Gasteiger partial charge in [0, 0.05) is 45.9 Å². The molecule has 5 heteroatoms. The van der Waals surface area contributed by atoms with Gasteiger partial charge in [-0.05, 0) is 17.0 Å². The molecule has 3 rings (SSSR count). The number of allylic oxidation sites excluding steroid dienone is 1. The molecule has 3 nitrogen and oxygen atoms in total. The first kappa shape index (κ1) is 23.2. The summed E-state index contributed by atoms with van der Waals surface area (Å²) < 4.78 is 0. The van der Waals surface area contributed by atoms with Crippen molar-refractivity contribution < 1.29 is 44.4 Å². The summed E-state index contributed by atoms with van der Waals surface area (Å²) in [5, 5.41) is 0. The first-order valence-corrected chi connectivity index (χ1v) is 7.12. The smallest absolute Gasteiger partial charge is 0.0219 e. The fraction of sp³-hybridized carbons (Fsp3) is 0.0500. The number of carbonyl (C=O) groups is 1. The zero-order valence-corrected chi connectivity index (χ0v) is 18.0. The number of ketones is 1. The monoisotopic (exact) mass is 535 g/mol. The summed E-state index contributed by atoms with van der Waals surface area (Å²) in [5.41, 5.74) is 4.14. The predicted octanol–water partition coefficient (Wildman–Crippen LogP) is 4.17. The van der Waals surface area contributed by atoms with Crippen LogP contribution < -0.4 is 0 Å². The van der Waals surface area contributed by atoms with Crippen molar-refractivity contribution in [3.05, 3.63) is 85.8 Å². The van der Waals surface area contributed by atoms with Crippen molar-refractivity contribution in [2.45, 2.75) is 6.92 Å². The summed E-state index contributed by atoms with van der Waals surface area (Å²) in [6, 6.07) is 20.2. The van der Waals surface area contributed by atoms with Gasteiger partial charge < -0.3 is 14.8 Å². The Hall–Kier alpha value is -1.80. The van der Waals surface area contributed by atoms with Crippen LogP contribution in [0, 0.1) is 12.9 Å². The van der Waals surface area contributed by atoms with Gasteiger partial charge in [0.1, 0.15) is 0 Å². The summed E-state index contributed by atoms with van der Waals surface area (Å²) in [4.78, 5) is 17.9. The average molecular weight is 535 g/mol. The molecule has 0 spiro atoms. The molecular formula is C20H16N2OVW-2. The van der Waals surface area contributed by atoms with Gasteiger partial charge in [-0.2, -0.15) is 0 Å². The molecule has 0 bridgehead atoms. The molecule has 125 valence electrons. The summed E-state index contributed by atoms with van der Waals surface area (Å²) in [5.74, 6) is -0.0926. The summed E-state index contributed by atoms with van der Waals surface area (Å²) in [7, 11) is 0. The molecule has 0 saturated carbocycles. The summed E-state index contributed by atoms with van der Waals surface area (Å²) in [6.07, 6.45) is 5.51. The molecule has 2 aromatic carbocycles. The van der Waals surface area contributed by atoms with Gasteiger partial charge in [0.05, 0.1) is 0 Å². The number of carbonyl (C=O) groups excluding carboxylic acids is 1. The number of hydrogen-bond donors (Lipinski definition) is 0. The molecular weight excluding hydrogens is 519 g/mol. The third-order valence-electron chi connectivity index (χ3n) is 3.04. The Morgan fingerprint density at radius 1 is 1.00 bits per heavy atom. The summed E-state index contributed by atoms with van der Waals surface area (Å²) >= 11 is 0. The van der Waals surface area contributed by atoms with Gasteiger partial charge in [0.15, 0.2) is 0 Å². The molecule has 0 aliphatic carbocycles. The van der Waals surface area contributed by atoms with E-state index in [-0.39, 0.29) is 45.4 Å². The molecule has 25 heavy (non-hydrogen) atoms. The zero-order chi connectivity index (χ0) is 16.5. The molecule has 0 N–H and O–H groups in total. The zero-order valence-electron chi connectivity index (χ0n) is 13.7. The van der Waals surface area contributed by atoms with Crippen LogP contribution in [-0.4, -0.2) is 15.8 Å². The molecule has 0 fully saturated rings. The molecule has 0 aliphatic heterocycles. The van der Waals surface area contributed by atoms with Gasteiger partial charge in [0.25, 0.3) is 0 Å². The van der Waals surface area contributed by atoms with Crippen molar-refractivity contribution in [1.29, 1.82) is 0 Å². The van der Waals surface area contributed by atoms with Gasteiger partial charge >= 0.3 is 0 Å². The third kappa shape index (κ3) is 7.31. The van der Waals surface area contributed by atoms with Gasteiger partial charge in [-0.15, -0.1) is 0 Å². The van der Waals surface area contributed by atoms with Gasteiger partial charge in [0.2, 0.25) is 0 Å². The maximum atomic E-state index is 9.63. The van der Waals surface area contributed by atoms with E-state index in [2.05, 4.69) is 28.4 Å². The van der Waals surface area contributed by atoms with Crippen LogP contribution >= 0.6 is 0 Å². The van der Waals surface area contributed by atoms with E-state index >= 15 is 0 Å². The van der Waals surface area contributed by atoms with Crippen molar-refractivity contribution in [3.63, 3.8) is 0 Å².